The number of benzene rings is 1. The van der Waals surface area contributed by atoms with Crippen molar-refractivity contribution in [2.24, 2.45) is 17.9 Å². The lowest BCUT2D eigenvalue weighted by Gasteiger charge is -2.10. The maximum absolute atomic E-state index is 12.3. The van der Waals surface area contributed by atoms with Crippen molar-refractivity contribution < 1.29 is 10.0 Å². The van der Waals surface area contributed by atoms with Crippen LogP contribution < -0.4 is 11.1 Å². The lowest BCUT2D eigenvalue weighted by Crippen LogP contribution is -2.20. The summed E-state index contributed by atoms with van der Waals surface area (Å²) >= 11 is 3.35. The number of anilines is 1. The van der Waals surface area contributed by atoms with Gasteiger partial charge in [0.1, 0.15) is 5.82 Å². The van der Waals surface area contributed by atoms with Crippen LogP contribution in [0.1, 0.15) is 21.5 Å². The molecule has 0 unspecified atom stereocenters. The van der Waals surface area contributed by atoms with Crippen molar-refractivity contribution >= 4 is 33.5 Å². The first-order valence-electron chi connectivity index (χ1n) is 6.01. The summed E-state index contributed by atoms with van der Waals surface area (Å²) in [6, 6.07) is 5.35. The molecule has 1 aromatic carbocycles. The fourth-order valence-corrected chi connectivity index (χ4v) is 2.36. The molecule has 2 rings (SSSR count). The molecule has 0 aliphatic carbocycles. The summed E-state index contributed by atoms with van der Waals surface area (Å²) in [4.78, 5) is 12.3. The molecule has 21 heavy (non-hydrogen) atoms. The van der Waals surface area contributed by atoms with Crippen LogP contribution in [0.25, 0.3) is 0 Å². The van der Waals surface area contributed by atoms with Gasteiger partial charge in [0.25, 0.3) is 5.91 Å². The second-order valence-electron chi connectivity index (χ2n) is 4.43. The van der Waals surface area contributed by atoms with Crippen molar-refractivity contribution in [2.45, 2.75) is 6.92 Å². The summed E-state index contributed by atoms with van der Waals surface area (Å²) in [6.45, 7) is 1.84. The van der Waals surface area contributed by atoms with E-state index in [1.54, 1.807) is 19.2 Å². The molecule has 0 aliphatic rings. The van der Waals surface area contributed by atoms with Crippen LogP contribution in [-0.2, 0) is 7.05 Å². The zero-order valence-electron chi connectivity index (χ0n) is 11.5. The first-order valence-corrected chi connectivity index (χ1v) is 6.80. The topological polar surface area (TPSA) is 106 Å². The molecule has 4 N–H and O–H groups in total. The normalized spacial score (nSPS) is 11.5. The molecular formula is C13H14BrN5O2. The minimum Gasteiger partial charge on any atom is -0.409 e. The van der Waals surface area contributed by atoms with Crippen LogP contribution in [0.15, 0.2) is 34.0 Å². The summed E-state index contributed by atoms with van der Waals surface area (Å²) in [5.41, 5.74) is 7.27. The van der Waals surface area contributed by atoms with Crippen molar-refractivity contribution in [1.82, 2.24) is 9.78 Å². The van der Waals surface area contributed by atoms with Gasteiger partial charge in [-0.15, -0.1) is 0 Å². The van der Waals surface area contributed by atoms with E-state index in [4.69, 9.17) is 10.9 Å². The summed E-state index contributed by atoms with van der Waals surface area (Å²) < 4.78 is 2.34. The van der Waals surface area contributed by atoms with Crippen LogP contribution in [0, 0.1) is 6.92 Å². The number of carbonyl (C=O) groups is 1. The van der Waals surface area contributed by atoms with E-state index >= 15 is 0 Å². The number of halogens is 1. The van der Waals surface area contributed by atoms with Crippen molar-refractivity contribution in [2.75, 3.05) is 5.32 Å². The predicted octanol–water partition coefficient (Wildman–Crippen LogP) is 1.84. The molecule has 8 heteroatoms. The SMILES string of the molecule is Cc1cc(Br)ccc1C(=O)Nc1c(C(N)=NO)cnn1C. The third-order valence-electron chi connectivity index (χ3n) is 2.99. The standard InChI is InChI=1S/C13H14BrN5O2/c1-7-5-8(14)3-4-9(7)13(20)17-12-10(11(15)18-21)6-16-19(12)2/h3-6,21H,1-2H3,(H2,15,18)(H,17,20). The molecule has 1 amide bonds. The van der Waals surface area contributed by atoms with Gasteiger partial charge in [0.2, 0.25) is 0 Å². The first kappa shape index (κ1) is 15.0. The maximum atomic E-state index is 12.3. The number of aromatic nitrogens is 2. The van der Waals surface area contributed by atoms with E-state index in [9.17, 15) is 4.79 Å². The van der Waals surface area contributed by atoms with E-state index in [2.05, 4.69) is 31.5 Å². The molecule has 0 spiro atoms. The molecule has 2 aromatic rings. The average molecular weight is 352 g/mol. The molecule has 0 saturated carbocycles. The second-order valence-corrected chi connectivity index (χ2v) is 5.34. The highest BCUT2D eigenvalue weighted by Crippen LogP contribution is 2.19. The molecule has 1 aromatic heterocycles. The Morgan fingerprint density at radius 3 is 2.81 bits per heavy atom. The Hall–Kier alpha value is -2.35. The van der Waals surface area contributed by atoms with Gasteiger partial charge in [0.05, 0.1) is 11.8 Å². The lowest BCUT2D eigenvalue weighted by atomic mass is 10.1. The van der Waals surface area contributed by atoms with Crippen molar-refractivity contribution in [3.8, 4) is 0 Å². The van der Waals surface area contributed by atoms with Crippen LogP contribution in [0.5, 0.6) is 0 Å². The number of amidine groups is 1. The lowest BCUT2D eigenvalue weighted by molar-refractivity contribution is 0.102. The summed E-state index contributed by atoms with van der Waals surface area (Å²) in [5.74, 6) is -0.0564. The van der Waals surface area contributed by atoms with Gasteiger partial charge in [-0.3, -0.25) is 9.48 Å². The Labute approximate surface area is 129 Å². The number of nitrogens with one attached hydrogen (secondary N) is 1. The molecule has 0 aliphatic heterocycles. The molecule has 7 nitrogen and oxygen atoms in total. The minimum atomic E-state index is -0.296. The number of carbonyl (C=O) groups excluding carboxylic acids is 1. The number of rotatable bonds is 3. The third-order valence-corrected chi connectivity index (χ3v) is 3.48. The van der Waals surface area contributed by atoms with E-state index in [-0.39, 0.29) is 11.7 Å². The zero-order valence-corrected chi connectivity index (χ0v) is 13.0. The van der Waals surface area contributed by atoms with Gasteiger partial charge in [-0.25, -0.2) is 0 Å². The summed E-state index contributed by atoms with van der Waals surface area (Å²) in [7, 11) is 1.65. The monoisotopic (exact) mass is 351 g/mol. The van der Waals surface area contributed by atoms with Crippen molar-refractivity contribution in [3.05, 3.63) is 45.6 Å². The third kappa shape index (κ3) is 3.05. The number of oxime groups is 1. The number of amides is 1. The van der Waals surface area contributed by atoms with E-state index in [1.165, 1.54) is 10.9 Å². The Balaban J connectivity index is 2.34. The van der Waals surface area contributed by atoms with Crippen molar-refractivity contribution in [1.29, 1.82) is 0 Å². The largest absolute Gasteiger partial charge is 0.409 e. The van der Waals surface area contributed by atoms with Gasteiger partial charge in [0.15, 0.2) is 5.84 Å². The number of nitrogens with zero attached hydrogens (tertiary/aromatic N) is 3. The summed E-state index contributed by atoms with van der Waals surface area (Å²) in [6.07, 6.45) is 1.42. The van der Waals surface area contributed by atoms with Gasteiger partial charge >= 0.3 is 0 Å². The quantitative estimate of drug-likeness (QED) is 0.339. The predicted molar refractivity (Wildman–Crippen MR) is 82.6 cm³/mol. The average Bonchev–Trinajstić information content (AvgIpc) is 2.79. The highest BCUT2D eigenvalue weighted by atomic mass is 79.9. The van der Waals surface area contributed by atoms with Crippen LogP contribution in [0.3, 0.4) is 0 Å². The van der Waals surface area contributed by atoms with Crippen LogP contribution in [0.4, 0.5) is 5.82 Å². The highest BCUT2D eigenvalue weighted by Gasteiger charge is 2.17. The first-order chi connectivity index (χ1) is 9.93. The molecule has 1 heterocycles. The van der Waals surface area contributed by atoms with Gasteiger partial charge in [-0.1, -0.05) is 21.1 Å². The Morgan fingerprint density at radius 1 is 1.48 bits per heavy atom. The molecule has 0 atom stereocenters. The van der Waals surface area contributed by atoms with E-state index < -0.39 is 0 Å². The van der Waals surface area contributed by atoms with E-state index in [0.29, 0.717) is 16.9 Å². The molecule has 0 fully saturated rings. The maximum Gasteiger partial charge on any atom is 0.257 e. The van der Waals surface area contributed by atoms with Gasteiger partial charge in [-0.05, 0) is 30.7 Å². The van der Waals surface area contributed by atoms with Crippen LogP contribution in [0.2, 0.25) is 0 Å². The Bertz CT molecular complexity index is 723. The Morgan fingerprint density at radius 2 is 2.19 bits per heavy atom. The smallest absolute Gasteiger partial charge is 0.257 e. The van der Waals surface area contributed by atoms with Gasteiger partial charge < -0.3 is 16.3 Å². The zero-order chi connectivity index (χ0) is 15.6. The minimum absolute atomic E-state index is 0.120. The van der Waals surface area contributed by atoms with E-state index in [1.807, 2.05) is 13.0 Å². The molecule has 0 bridgehead atoms. The van der Waals surface area contributed by atoms with Crippen molar-refractivity contribution in [3.63, 3.8) is 0 Å². The fraction of sp³-hybridized carbons (Fsp3) is 0.154. The molecule has 0 radical (unpaired) electrons. The van der Waals surface area contributed by atoms with Crippen LogP contribution in [-0.4, -0.2) is 26.7 Å². The molecule has 110 valence electrons. The fourth-order valence-electron chi connectivity index (χ4n) is 1.88. The number of nitrogens with two attached hydrogens (primary N) is 1. The number of aryl methyl sites for hydroxylation is 2. The van der Waals surface area contributed by atoms with Gasteiger partial charge in [-0.2, -0.15) is 5.10 Å². The summed E-state index contributed by atoms with van der Waals surface area (Å²) in [5, 5.41) is 18.4. The van der Waals surface area contributed by atoms with Gasteiger partial charge in [0, 0.05) is 17.1 Å². The number of hydrogen-bond acceptors (Lipinski definition) is 4. The number of hydrogen-bond donors (Lipinski definition) is 3. The van der Waals surface area contributed by atoms with Crippen LogP contribution >= 0.6 is 15.9 Å². The Kier molecular flexibility index (Phi) is 4.27. The second kappa shape index (κ2) is 5.96. The molecular weight excluding hydrogens is 338 g/mol. The molecule has 0 saturated heterocycles. The highest BCUT2D eigenvalue weighted by molar-refractivity contribution is 9.10. The van der Waals surface area contributed by atoms with E-state index in [0.717, 1.165) is 10.0 Å².